The van der Waals surface area contributed by atoms with Crippen molar-refractivity contribution in [2.75, 3.05) is 19.8 Å². The summed E-state index contributed by atoms with van der Waals surface area (Å²) in [6.45, 7) is 4.02. The fourth-order valence-electron chi connectivity index (χ4n) is 6.68. The number of nitrogens with one attached hydrogen (secondary N) is 1. The van der Waals surface area contributed by atoms with E-state index in [1.807, 2.05) is 0 Å². The van der Waals surface area contributed by atoms with Crippen molar-refractivity contribution in [3.8, 4) is 0 Å². The third kappa shape index (κ3) is 37.8. The molecule has 0 fully saturated rings. The van der Waals surface area contributed by atoms with E-state index in [1.165, 1.54) is 116 Å². The lowest BCUT2D eigenvalue weighted by Crippen LogP contribution is -2.47. The highest BCUT2D eigenvalue weighted by Gasteiger charge is 2.28. The van der Waals surface area contributed by atoms with Gasteiger partial charge in [0.2, 0.25) is 5.91 Å². The molecule has 4 unspecified atom stereocenters. The molecule has 0 aliphatic rings. The van der Waals surface area contributed by atoms with Crippen molar-refractivity contribution in [3.05, 3.63) is 24.3 Å². The van der Waals surface area contributed by atoms with Gasteiger partial charge in [0.15, 0.2) is 0 Å². The Morgan fingerprint density at radius 1 is 0.630 bits per heavy atom. The lowest BCUT2D eigenvalue weighted by atomic mass is 10.0. The van der Waals surface area contributed by atoms with E-state index in [4.69, 9.17) is 14.8 Å². The van der Waals surface area contributed by atoms with Gasteiger partial charge in [0, 0.05) is 6.54 Å². The van der Waals surface area contributed by atoms with E-state index in [0.717, 1.165) is 64.2 Å². The summed E-state index contributed by atoms with van der Waals surface area (Å²) in [5, 5.41) is 24.2. The van der Waals surface area contributed by atoms with Gasteiger partial charge < -0.3 is 26.2 Å². The average Bonchev–Trinajstić information content (AvgIpc) is 3.15. The van der Waals surface area contributed by atoms with Crippen molar-refractivity contribution < 1.29 is 33.5 Å². The van der Waals surface area contributed by atoms with Gasteiger partial charge in [-0.15, -0.1) is 0 Å². The number of hydrogen-bond donors (Lipinski definition) is 5. The van der Waals surface area contributed by atoms with Crippen LogP contribution in [0.2, 0.25) is 0 Å². The minimum absolute atomic E-state index is 0.0581. The number of carbonyl (C=O) groups excluding carboxylic acids is 1. The fourth-order valence-corrected chi connectivity index (χ4v) is 7.44. The monoisotopic (exact) mass is 787 g/mol. The Hall–Kier alpha value is -1.06. The number of allylic oxidation sites excluding steroid dienone is 4. The van der Waals surface area contributed by atoms with Gasteiger partial charge in [0.05, 0.1) is 37.9 Å². The first kappa shape index (κ1) is 52.9. The van der Waals surface area contributed by atoms with Gasteiger partial charge in [-0.2, -0.15) is 0 Å². The Kier molecular flexibility index (Phi) is 39.4. The van der Waals surface area contributed by atoms with Crippen LogP contribution in [0.25, 0.3) is 0 Å². The normalized spacial score (nSPS) is 14.9. The molecular weight excluding hydrogens is 699 g/mol. The number of nitrogens with two attached hydrogens (primary N) is 1. The molecule has 0 aromatic carbocycles. The van der Waals surface area contributed by atoms with E-state index in [9.17, 15) is 24.5 Å². The lowest BCUT2D eigenvalue weighted by Gasteiger charge is -2.25. The second kappa shape index (κ2) is 40.1. The molecule has 4 atom stereocenters. The Morgan fingerprint density at radius 2 is 1.06 bits per heavy atom. The van der Waals surface area contributed by atoms with Crippen molar-refractivity contribution in [3.63, 3.8) is 0 Å². The van der Waals surface area contributed by atoms with E-state index in [1.54, 1.807) is 0 Å². The van der Waals surface area contributed by atoms with Gasteiger partial charge in [-0.05, 0) is 44.9 Å². The van der Waals surface area contributed by atoms with Crippen LogP contribution in [0.3, 0.4) is 0 Å². The van der Waals surface area contributed by atoms with Crippen LogP contribution in [0.1, 0.15) is 213 Å². The van der Waals surface area contributed by atoms with Crippen molar-refractivity contribution >= 4 is 13.7 Å². The number of carbonyl (C=O) groups is 1. The molecule has 0 heterocycles. The molecule has 0 saturated heterocycles. The zero-order valence-corrected chi connectivity index (χ0v) is 36.0. The summed E-state index contributed by atoms with van der Waals surface area (Å²) in [6, 6.07) is -0.899. The largest absolute Gasteiger partial charge is 0.472 e. The Bertz CT molecular complexity index is 919. The number of unbranched alkanes of at least 4 members (excludes halogenated alkanes) is 24. The molecule has 0 aliphatic heterocycles. The minimum Gasteiger partial charge on any atom is -0.393 e. The summed E-state index contributed by atoms with van der Waals surface area (Å²) in [7, 11) is -4.38. The zero-order chi connectivity index (χ0) is 39.8. The number of aliphatic hydroxyl groups is 2. The van der Waals surface area contributed by atoms with Crippen molar-refractivity contribution in [2.24, 2.45) is 5.73 Å². The van der Waals surface area contributed by atoms with E-state index in [-0.39, 0.29) is 26.2 Å². The molecule has 0 bridgehead atoms. The number of aliphatic hydroxyl groups excluding tert-OH is 2. The lowest BCUT2D eigenvalue weighted by molar-refractivity contribution is -0.125. The van der Waals surface area contributed by atoms with E-state index in [0.29, 0.717) is 12.8 Å². The Morgan fingerprint density at radius 3 is 1.56 bits per heavy atom. The summed E-state index contributed by atoms with van der Waals surface area (Å²) in [4.78, 5) is 22.8. The molecule has 6 N–H and O–H groups in total. The van der Waals surface area contributed by atoms with Gasteiger partial charge in [0.25, 0.3) is 0 Å². The van der Waals surface area contributed by atoms with Crippen molar-refractivity contribution in [2.45, 2.75) is 231 Å². The first-order valence-electron chi connectivity index (χ1n) is 22.5. The molecule has 0 radical (unpaired) electrons. The summed E-state index contributed by atoms with van der Waals surface area (Å²) in [5.74, 6) is -0.421. The first-order chi connectivity index (χ1) is 26.3. The van der Waals surface area contributed by atoms with Crippen LogP contribution in [0.4, 0.5) is 0 Å². The van der Waals surface area contributed by atoms with Crippen LogP contribution < -0.4 is 11.1 Å². The van der Waals surface area contributed by atoms with Crippen LogP contribution in [0, 0.1) is 0 Å². The van der Waals surface area contributed by atoms with Crippen LogP contribution in [-0.2, 0) is 18.4 Å². The molecule has 320 valence electrons. The maximum absolute atomic E-state index is 12.8. The first-order valence-corrected chi connectivity index (χ1v) is 24.0. The van der Waals surface area contributed by atoms with Crippen LogP contribution in [-0.4, -0.2) is 59.0 Å². The third-order valence-corrected chi connectivity index (χ3v) is 11.1. The molecule has 0 saturated carbocycles. The molecule has 9 nitrogen and oxygen atoms in total. The Labute approximate surface area is 332 Å². The molecular formula is C44H87N2O7P. The minimum atomic E-state index is -4.38. The predicted molar refractivity (Wildman–Crippen MR) is 227 cm³/mol. The summed E-state index contributed by atoms with van der Waals surface area (Å²) < 4.78 is 22.2. The molecule has 0 aromatic rings. The van der Waals surface area contributed by atoms with E-state index >= 15 is 0 Å². The molecule has 1 amide bonds. The van der Waals surface area contributed by atoms with E-state index in [2.05, 4.69) is 43.5 Å². The zero-order valence-electron chi connectivity index (χ0n) is 35.1. The van der Waals surface area contributed by atoms with Gasteiger partial charge in [0.1, 0.15) is 0 Å². The van der Waals surface area contributed by atoms with Crippen LogP contribution in [0.15, 0.2) is 24.3 Å². The number of phosphoric acid groups is 1. The maximum Gasteiger partial charge on any atom is 0.472 e. The second-order valence-electron chi connectivity index (χ2n) is 15.5. The highest BCUT2D eigenvalue weighted by molar-refractivity contribution is 7.47. The summed E-state index contributed by atoms with van der Waals surface area (Å²) in [5.41, 5.74) is 5.37. The molecule has 10 heteroatoms. The van der Waals surface area contributed by atoms with Gasteiger partial charge in [-0.3, -0.25) is 13.8 Å². The van der Waals surface area contributed by atoms with Gasteiger partial charge >= 0.3 is 7.82 Å². The molecule has 0 rings (SSSR count). The average molecular weight is 787 g/mol. The van der Waals surface area contributed by atoms with Crippen molar-refractivity contribution in [1.82, 2.24) is 5.32 Å². The number of rotatable bonds is 42. The maximum atomic E-state index is 12.8. The quantitative estimate of drug-likeness (QED) is 0.0233. The third-order valence-electron chi connectivity index (χ3n) is 10.1. The summed E-state index contributed by atoms with van der Waals surface area (Å²) in [6.07, 6.45) is 42.1. The summed E-state index contributed by atoms with van der Waals surface area (Å²) >= 11 is 0. The number of amides is 1. The molecule has 0 aromatic heterocycles. The Balaban J connectivity index is 4.27. The number of phosphoric ester groups is 1. The second-order valence-corrected chi connectivity index (χ2v) is 16.9. The highest BCUT2D eigenvalue weighted by atomic mass is 31.2. The van der Waals surface area contributed by atoms with E-state index < -0.39 is 32.0 Å². The molecule has 54 heavy (non-hydrogen) atoms. The predicted octanol–water partition coefficient (Wildman–Crippen LogP) is 11.5. The SMILES string of the molecule is CCCCC/C=C\C/C=C\CCCCCCCC(O)CC(=O)NC(COP(=O)(O)OCCN)C(O)CCCCCCCCCCCCCCCCCCC. The van der Waals surface area contributed by atoms with Gasteiger partial charge in [-0.25, -0.2) is 4.57 Å². The number of hydrogen-bond acceptors (Lipinski definition) is 7. The topological polar surface area (TPSA) is 151 Å². The standard InChI is InChI=1S/C44H87N2O7P/c1-3-5-7-9-11-13-15-17-19-20-22-24-26-28-30-32-34-36-43(48)42(40-53-54(50,51)52-38-37-45)46-44(49)39-41(47)35-33-31-29-27-25-23-21-18-16-14-12-10-8-6-4-2/h12,14,18,21,41-43,47-48H,3-11,13,15-17,19-20,22-40,45H2,1-2H3,(H,46,49)(H,50,51)/b14-12-,21-18-. The van der Waals surface area contributed by atoms with Gasteiger partial charge in [-0.1, -0.05) is 186 Å². The molecule has 0 aliphatic carbocycles. The molecule has 0 spiro atoms. The van der Waals surface area contributed by atoms with Crippen LogP contribution in [0.5, 0.6) is 0 Å². The van der Waals surface area contributed by atoms with Crippen molar-refractivity contribution in [1.29, 1.82) is 0 Å². The fraction of sp³-hybridized carbons (Fsp3) is 0.886. The highest BCUT2D eigenvalue weighted by Crippen LogP contribution is 2.43. The van der Waals surface area contributed by atoms with Crippen LogP contribution >= 0.6 is 7.82 Å². The smallest absolute Gasteiger partial charge is 0.393 e.